The van der Waals surface area contributed by atoms with Crippen LogP contribution < -0.4 is 25.6 Å². The van der Waals surface area contributed by atoms with E-state index in [4.69, 9.17) is 21.3 Å². The fraction of sp³-hybridized carbons (Fsp3) is 0.419. The van der Waals surface area contributed by atoms with Crippen molar-refractivity contribution in [1.82, 2.24) is 19.4 Å². The summed E-state index contributed by atoms with van der Waals surface area (Å²) < 4.78 is 21.2. The highest BCUT2D eigenvalue weighted by Gasteiger charge is 2.43. The molecule has 4 aromatic rings. The number of halogens is 1. The summed E-state index contributed by atoms with van der Waals surface area (Å²) >= 11 is 6.55. The van der Waals surface area contributed by atoms with Crippen molar-refractivity contribution in [3.05, 3.63) is 53.3 Å². The molecule has 0 saturated carbocycles. The number of benzene rings is 2. The minimum absolute atomic E-state index is 0.361. The average molecular weight is 608 g/mol. The first-order valence-electron chi connectivity index (χ1n) is 14.3. The van der Waals surface area contributed by atoms with Crippen molar-refractivity contribution in [3.8, 4) is 5.75 Å². The molecule has 0 radical (unpaired) electrons. The molecule has 0 aliphatic carbocycles. The zero-order valence-electron chi connectivity index (χ0n) is 25.2. The highest BCUT2D eigenvalue weighted by Crippen LogP contribution is 2.44. The third kappa shape index (κ3) is 5.34. The summed E-state index contributed by atoms with van der Waals surface area (Å²) in [5.41, 5.74) is 5.28. The van der Waals surface area contributed by atoms with Crippen molar-refractivity contribution in [2.45, 2.75) is 19.8 Å². The normalized spacial score (nSPS) is 17.0. The summed E-state index contributed by atoms with van der Waals surface area (Å²) in [6, 6.07) is 10.2. The summed E-state index contributed by atoms with van der Waals surface area (Å²) in [7, 11) is 3.18. The summed E-state index contributed by atoms with van der Waals surface area (Å²) in [4.78, 5) is 14.0. The average Bonchev–Trinajstić information content (AvgIpc) is 3.30. The number of piperidine rings is 1. The third-order valence-corrected chi connectivity index (χ3v) is 10.5. The van der Waals surface area contributed by atoms with Gasteiger partial charge in [-0.1, -0.05) is 17.7 Å². The van der Waals surface area contributed by atoms with E-state index in [2.05, 4.69) is 51.5 Å². The number of nitrogens with one attached hydrogen (secondary N) is 2. The van der Waals surface area contributed by atoms with Gasteiger partial charge in [0.15, 0.2) is 5.82 Å². The van der Waals surface area contributed by atoms with E-state index in [1.807, 2.05) is 36.0 Å². The molecule has 0 unspecified atom stereocenters. The summed E-state index contributed by atoms with van der Waals surface area (Å²) in [5.74, 6) is 1.52. The summed E-state index contributed by atoms with van der Waals surface area (Å²) in [6.45, 7) is 10.2. The van der Waals surface area contributed by atoms with Crippen LogP contribution >= 0.6 is 18.7 Å². The number of nitrogens with zero attached hydrogens (tertiary/aromatic N) is 5. The minimum Gasteiger partial charge on any atom is -0.494 e. The van der Waals surface area contributed by atoms with Crippen LogP contribution in [0.25, 0.3) is 10.9 Å². The summed E-state index contributed by atoms with van der Waals surface area (Å²) in [6.07, 6.45) is 5.98. The maximum absolute atomic E-state index is 13.4. The number of anilines is 5. The predicted molar refractivity (Wildman–Crippen MR) is 175 cm³/mol. The maximum Gasteiger partial charge on any atom is 0.229 e. The molecule has 4 heterocycles. The molecule has 6 rings (SSSR count). The molecule has 222 valence electrons. The molecule has 2 aromatic carbocycles. The number of likely N-dealkylation sites (tertiary alicyclic amines) is 1. The number of aromatic nitrogens is 3. The van der Waals surface area contributed by atoms with Crippen LogP contribution in [0.4, 0.5) is 28.8 Å². The fourth-order valence-corrected chi connectivity index (χ4v) is 8.34. The van der Waals surface area contributed by atoms with E-state index in [1.54, 1.807) is 26.6 Å². The topological polar surface area (TPSA) is 87.5 Å². The van der Waals surface area contributed by atoms with Gasteiger partial charge in [0.2, 0.25) is 5.95 Å². The lowest BCUT2D eigenvalue weighted by Gasteiger charge is -2.53. The molecule has 2 saturated heterocycles. The zero-order chi connectivity index (χ0) is 29.8. The number of aryl methyl sites for hydroxylation is 2. The second-order valence-electron chi connectivity index (χ2n) is 12.3. The maximum atomic E-state index is 13.4. The van der Waals surface area contributed by atoms with E-state index in [0.717, 1.165) is 46.3 Å². The zero-order valence-corrected chi connectivity index (χ0v) is 26.8. The number of rotatable bonds is 7. The Kier molecular flexibility index (Phi) is 7.40. The molecule has 0 amide bonds. The Balaban J connectivity index is 1.26. The van der Waals surface area contributed by atoms with Crippen molar-refractivity contribution in [2.75, 3.05) is 69.2 Å². The highest BCUT2D eigenvalue weighted by molar-refractivity contribution is 7.71. The molecule has 2 N–H and O–H groups in total. The van der Waals surface area contributed by atoms with Gasteiger partial charge in [-0.05, 0) is 69.3 Å². The fourth-order valence-electron chi connectivity index (χ4n) is 6.70. The molecule has 0 bridgehead atoms. The number of fused-ring (bicyclic) bond motifs is 1. The van der Waals surface area contributed by atoms with Crippen molar-refractivity contribution < 1.29 is 9.30 Å². The largest absolute Gasteiger partial charge is 0.494 e. The summed E-state index contributed by atoms with van der Waals surface area (Å²) in [5, 5.41) is 8.83. The Morgan fingerprint density at radius 3 is 2.45 bits per heavy atom. The first-order chi connectivity index (χ1) is 20.0. The van der Waals surface area contributed by atoms with Crippen molar-refractivity contribution >= 4 is 63.8 Å². The van der Waals surface area contributed by atoms with Gasteiger partial charge in [-0.15, -0.1) is 0 Å². The van der Waals surface area contributed by atoms with E-state index in [9.17, 15) is 4.57 Å². The quantitative estimate of drug-likeness (QED) is 0.240. The van der Waals surface area contributed by atoms with Gasteiger partial charge >= 0.3 is 0 Å². The van der Waals surface area contributed by atoms with Crippen LogP contribution in [-0.2, 0) is 11.6 Å². The minimum atomic E-state index is -2.66. The second kappa shape index (κ2) is 10.8. The number of hydrogen-bond donors (Lipinski definition) is 2. The lowest BCUT2D eigenvalue weighted by molar-refractivity contribution is 0.00130. The Morgan fingerprint density at radius 2 is 1.79 bits per heavy atom. The molecule has 9 nitrogen and oxygen atoms in total. The van der Waals surface area contributed by atoms with Crippen molar-refractivity contribution in [1.29, 1.82) is 0 Å². The van der Waals surface area contributed by atoms with Crippen LogP contribution in [-0.4, -0.2) is 73.1 Å². The van der Waals surface area contributed by atoms with E-state index < -0.39 is 7.14 Å². The highest BCUT2D eigenvalue weighted by atomic mass is 35.5. The van der Waals surface area contributed by atoms with Gasteiger partial charge in [-0.25, -0.2) is 4.98 Å². The predicted octanol–water partition coefficient (Wildman–Crippen LogP) is 6.21. The molecule has 2 fully saturated rings. The van der Waals surface area contributed by atoms with Crippen LogP contribution in [0.5, 0.6) is 5.75 Å². The van der Waals surface area contributed by atoms with Gasteiger partial charge in [0.25, 0.3) is 0 Å². The molecular formula is C31H39ClN7O2P. The molecule has 1 spiro atoms. The van der Waals surface area contributed by atoms with Crippen LogP contribution in [0.15, 0.2) is 42.7 Å². The molecule has 2 aliphatic rings. The van der Waals surface area contributed by atoms with E-state index >= 15 is 0 Å². The van der Waals surface area contributed by atoms with Crippen LogP contribution in [0, 0.1) is 12.3 Å². The first kappa shape index (κ1) is 28.8. The monoisotopic (exact) mass is 607 g/mol. The SMILES string of the molecule is COc1cc(N2CCC3(CC2)CN(C)C3)c(C)cc1Nc1ncc(Cl)c(Nc2ccc3ccn(C)c3c2P(C)(C)=O)n1. The van der Waals surface area contributed by atoms with Crippen molar-refractivity contribution in [3.63, 3.8) is 0 Å². The van der Waals surface area contributed by atoms with Crippen LogP contribution in [0.1, 0.15) is 18.4 Å². The number of ether oxygens (including phenoxy) is 1. The smallest absolute Gasteiger partial charge is 0.229 e. The van der Waals surface area contributed by atoms with Gasteiger partial charge in [0.1, 0.15) is 17.9 Å². The number of methoxy groups -OCH3 is 1. The molecule has 11 heteroatoms. The van der Waals surface area contributed by atoms with E-state index in [-0.39, 0.29) is 0 Å². The Bertz CT molecular complexity index is 1700. The van der Waals surface area contributed by atoms with Crippen LogP contribution in [0.3, 0.4) is 0 Å². The third-order valence-electron chi connectivity index (χ3n) is 8.69. The lowest BCUT2D eigenvalue weighted by atomic mass is 9.72. The standard InChI is InChI=1S/C31H39ClN7O2P/c1-20-15-24(26(41-4)16-25(20)39-13-10-31(11-14-39)18-37(2)19-31)35-30-33-17-22(32)29(36-30)34-23-8-7-21-9-12-38(3)27(21)28(23)42(5,6)40/h7-9,12,15-17H,10-11,13-14,18-19H2,1-6H3,(H2,33,34,35,36). The van der Waals surface area contributed by atoms with Gasteiger partial charge in [0.05, 0.1) is 35.5 Å². The molecular weight excluding hydrogens is 569 g/mol. The Morgan fingerprint density at radius 1 is 1.05 bits per heavy atom. The van der Waals surface area contributed by atoms with E-state index in [1.165, 1.54) is 31.6 Å². The van der Waals surface area contributed by atoms with Gasteiger partial charge in [-0.2, -0.15) is 4.98 Å². The Hall–Kier alpha value is -3.26. The number of hydrogen-bond acceptors (Lipinski definition) is 8. The molecule has 42 heavy (non-hydrogen) atoms. The molecule has 0 atom stereocenters. The van der Waals surface area contributed by atoms with Gasteiger partial charge in [0, 0.05) is 56.6 Å². The molecule has 2 aromatic heterocycles. The van der Waals surface area contributed by atoms with Crippen LogP contribution in [0.2, 0.25) is 5.02 Å². The Labute approximate surface area is 252 Å². The lowest BCUT2D eigenvalue weighted by Crippen LogP contribution is -2.58. The first-order valence-corrected chi connectivity index (χ1v) is 17.3. The second-order valence-corrected chi connectivity index (χ2v) is 15.9. The van der Waals surface area contributed by atoms with Gasteiger partial charge in [-0.3, -0.25) is 0 Å². The molecule has 2 aliphatic heterocycles. The van der Waals surface area contributed by atoms with Crippen molar-refractivity contribution in [2.24, 2.45) is 12.5 Å². The van der Waals surface area contributed by atoms with Gasteiger partial charge < -0.3 is 34.3 Å². The van der Waals surface area contributed by atoms with E-state index in [0.29, 0.717) is 27.9 Å².